The topological polar surface area (TPSA) is 42.2 Å². The molecule has 1 fully saturated rings. The van der Waals surface area contributed by atoms with Gasteiger partial charge in [-0.2, -0.15) is 0 Å². The molecule has 4 heteroatoms. The molecular weight excluding hydrogens is 212 g/mol. The van der Waals surface area contributed by atoms with E-state index in [9.17, 15) is 0 Å². The van der Waals surface area contributed by atoms with Crippen LogP contribution in [0.15, 0.2) is 24.4 Å². The molecule has 17 heavy (non-hydrogen) atoms. The van der Waals surface area contributed by atoms with E-state index in [1.807, 2.05) is 28.8 Å². The van der Waals surface area contributed by atoms with Gasteiger partial charge >= 0.3 is 0 Å². The van der Waals surface area contributed by atoms with Gasteiger partial charge in [-0.05, 0) is 37.3 Å². The van der Waals surface area contributed by atoms with Gasteiger partial charge in [0.2, 0.25) is 0 Å². The third-order valence-corrected chi connectivity index (χ3v) is 3.54. The summed E-state index contributed by atoms with van der Waals surface area (Å²) in [5, 5.41) is 12.0. The van der Waals surface area contributed by atoms with Crippen molar-refractivity contribution in [3.8, 4) is 0 Å². The molecule has 1 aliphatic carbocycles. The van der Waals surface area contributed by atoms with Crippen LogP contribution in [0.4, 0.5) is 0 Å². The lowest BCUT2D eigenvalue weighted by Gasteiger charge is -2.15. The molecule has 0 saturated heterocycles. The fourth-order valence-electron chi connectivity index (χ4n) is 2.38. The third kappa shape index (κ3) is 2.17. The Morgan fingerprint density at radius 2 is 2.29 bits per heavy atom. The number of fused-ring (bicyclic) bond motifs is 1. The first kappa shape index (κ1) is 10.7. The van der Waals surface area contributed by atoms with Gasteiger partial charge in [0.25, 0.3) is 0 Å². The quantitative estimate of drug-likeness (QED) is 0.854. The third-order valence-electron chi connectivity index (χ3n) is 3.54. The summed E-state index contributed by atoms with van der Waals surface area (Å²) in [6, 6.07) is 6.62. The van der Waals surface area contributed by atoms with Gasteiger partial charge in [-0.1, -0.05) is 13.0 Å². The van der Waals surface area contributed by atoms with Gasteiger partial charge in [0.15, 0.2) is 11.5 Å². The van der Waals surface area contributed by atoms with Gasteiger partial charge in [0.1, 0.15) is 0 Å². The first-order valence-corrected chi connectivity index (χ1v) is 6.40. The van der Waals surface area contributed by atoms with Crippen molar-refractivity contribution in [3.63, 3.8) is 0 Å². The average Bonchev–Trinajstić information content (AvgIpc) is 3.12. The van der Waals surface area contributed by atoms with E-state index in [1.54, 1.807) is 0 Å². The van der Waals surface area contributed by atoms with E-state index in [2.05, 4.69) is 22.4 Å². The molecule has 0 bridgehead atoms. The summed E-state index contributed by atoms with van der Waals surface area (Å²) in [5.41, 5.74) is 0.920. The number of hydrogen-bond donors (Lipinski definition) is 1. The minimum Gasteiger partial charge on any atom is -0.307 e. The van der Waals surface area contributed by atoms with Gasteiger partial charge in [0, 0.05) is 12.2 Å². The van der Waals surface area contributed by atoms with Crippen molar-refractivity contribution in [1.29, 1.82) is 0 Å². The largest absolute Gasteiger partial charge is 0.307 e. The fourth-order valence-corrected chi connectivity index (χ4v) is 2.38. The van der Waals surface area contributed by atoms with E-state index in [1.165, 1.54) is 19.3 Å². The Kier molecular flexibility index (Phi) is 2.81. The van der Waals surface area contributed by atoms with Crippen LogP contribution in [0, 0.1) is 5.92 Å². The Hall–Kier alpha value is -1.42. The Bertz CT molecular complexity index is 501. The smallest absolute Gasteiger partial charge is 0.160 e. The molecule has 2 aromatic rings. The van der Waals surface area contributed by atoms with Crippen LogP contribution in [0.2, 0.25) is 0 Å². The maximum atomic E-state index is 4.23. The summed E-state index contributed by atoms with van der Waals surface area (Å²) < 4.78 is 2.05. The van der Waals surface area contributed by atoms with Crippen LogP contribution in [0.3, 0.4) is 0 Å². The number of nitrogens with zero attached hydrogens (tertiary/aromatic N) is 3. The summed E-state index contributed by atoms with van der Waals surface area (Å²) in [5.74, 6) is 1.89. The highest BCUT2D eigenvalue weighted by molar-refractivity contribution is 5.36. The number of hydrogen-bond acceptors (Lipinski definition) is 3. The zero-order chi connectivity index (χ0) is 11.7. The second kappa shape index (κ2) is 4.45. The van der Waals surface area contributed by atoms with E-state index < -0.39 is 0 Å². The lowest BCUT2D eigenvalue weighted by Crippen LogP contribution is -2.30. The maximum absolute atomic E-state index is 4.23. The number of rotatable bonds is 5. The lowest BCUT2D eigenvalue weighted by molar-refractivity contribution is 0.441. The van der Waals surface area contributed by atoms with Crippen molar-refractivity contribution in [2.75, 3.05) is 0 Å². The first-order valence-electron chi connectivity index (χ1n) is 6.40. The van der Waals surface area contributed by atoms with Crippen LogP contribution >= 0.6 is 0 Å². The standard InChI is InChI=1S/C13H18N4/c1-2-11(10-6-7-10)14-9-13-16-15-12-5-3-4-8-17(12)13/h3-5,8,10-11,14H,2,6-7,9H2,1H3. The highest BCUT2D eigenvalue weighted by Gasteiger charge is 2.29. The van der Waals surface area contributed by atoms with Crippen LogP contribution in [-0.4, -0.2) is 20.6 Å². The van der Waals surface area contributed by atoms with Crippen molar-refractivity contribution in [3.05, 3.63) is 30.2 Å². The Morgan fingerprint density at radius 1 is 1.41 bits per heavy atom. The molecule has 3 rings (SSSR count). The van der Waals surface area contributed by atoms with Crippen LogP contribution in [-0.2, 0) is 6.54 Å². The molecule has 1 unspecified atom stereocenters. The second-order valence-electron chi connectivity index (χ2n) is 4.78. The van der Waals surface area contributed by atoms with E-state index in [0.29, 0.717) is 6.04 Å². The number of nitrogens with one attached hydrogen (secondary N) is 1. The summed E-state index contributed by atoms with van der Waals surface area (Å²) in [4.78, 5) is 0. The van der Waals surface area contributed by atoms with Crippen molar-refractivity contribution >= 4 is 5.65 Å². The van der Waals surface area contributed by atoms with Crippen molar-refractivity contribution in [2.24, 2.45) is 5.92 Å². The van der Waals surface area contributed by atoms with Crippen LogP contribution in [0.25, 0.3) is 5.65 Å². The molecule has 90 valence electrons. The first-order chi connectivity index (χ1) is 8.38. The zero-order valence-electron chi connectivity index (χ0n) is 10.1. The summed E-state index contributed by atoms with van der Waals surface area (Å²) in [6.45, 7) is 3.05. The van der Waals surface area contributed by atoms with E-state index in [-0.39, 0.29) is 0 Å². The Morgan fingerprint density at radius 3 is 3.06 bits per heavy atom. The minimum atomic E-state index is 0.645. The van der Waals surface area contributed by atoms with Crippen molar-refractivity contribution < 1.29 is 0 Å². The van der Waals surface area contributed by atoms with Gasteiger partial charge in [0.05, 0.1) is 6.54 Å². The summed E-state index contributed by atoms with van der Waals surface area (Å²) >= 11 is 0. The zero-order valence-corrected chi connectivity index (χ0v) is 10.1. The molecule has 0 spiro atoms. The van der Waals surface area contributed by atoms with E-state index in [4.69, 9.17) is 0 Å². The van der Waals surface area contributed by atoms with Crippen LogP contribution < -0.4 is 5.32 Å². The molecule has 1 aliphatic rings. The molecule has 0 amide bonds. The number of aromatic nitrogens is 3. The van der Waals surface area contributed by atoms with Crippen LogP contribution in [0.1, 0.15) is 32.0 Å². The molecule has 0 aromatic carbocycles. The predicted octanol–water partition coefficient (Wildman–Crippen LogP) is 2.01. The normalized spacial score (nSPS) is 17.5. The monoisotopic (exact) mass is 230 g/mol. The lowest BCUT2D eigenvalue weighted by atomic mass is 10.1. The highest BCUT2D eigenvalue weighted by atomic mass is 15.3. The minimum absolute atomic E-state index is 0.645. The molecule has 1 atom stereocenters. The molecule has 0 radical (unpaired) electrons. The molecule has 2 heterocycles. The number of pyridine rings is 1. The molecule has 0 aliphatic heterocycles. The average molecular weight is 230 g/mol. The van der Waals surface area contributed by atoms with Gasteiger partial charge < -0.3 is 5.32 Å². The molecule has 1 N–H and O–H groups in total. The van der Waals surface area contributed by atoms with Gasteiger partial charge in [-0.3, -0.25) is 4.40 Å². The fraction of sp³-hybridized carbons (Fsp3) is 0.538. The van der Waals surface area contributed by atoms with Gasteiger partial charge in [-0.15, -0.1) is 10.2 Å². The van der Waals surface area contributed by atoms with Crippen molar-refractivity contribution in [1.82, 2.24) is 19.9 Å². The SMILES string of the molecule is CCC(NCc1nnc2ccccn12)C1CC1. The summed E-state index contributed by atoms with van der Waals surface area (Å²) in [7, 11) is 0. The molecular formula is C13H18N4. The predicted molar refractivity (Wildman–Crippen MR) is 66.6 cm³/mol. The maximum Gasteiger partial charge on any atom is 0.160 e. The molecule has 1 saturated carbocycles. The van der Waals surface area contributed by atoms with E-state index in [0.717, 1.165) is 23.9 Å². The van der Waals surface area contributed by atoms with Gasteiger partial charge in [-0.25, -0.2) is 0 Å². The second-order valence-corrected chi connectivity index (χ2v) is 4.78. The Labute approximate surface area is 101 Å². The highest BCUT2D eigenvalue weighted by Crippen LogP contribution is 2.33. The Balaban J connectivity index is 1.71. The molecule has 4 nitrogen and oxygen atoms in total. The molecule has 2 aromatic heterocycles. The van der Waals surface area contributed by atoms with Crippen molar-refractivity contribution in [2.45, 2.75) is 38.8 Å². The van der Waals surface area contributed by atoms with Crippen LogP contribution in [0.5, 0.6) is 0 Å². The van der Waals surface area contributed by atoms with E-state index >= 15 is 0 Å². The summed E-state index contributed by atoms with van der Waals surface area (Å²) in [6.07, 6.45) is 5.98.